The number of carbonyl (C=O) groups excluding carboxylic acids is 1. The maximum Gasteiger partial charge on any atom is 0.403 e. The molecule has 0 saturated carbocycles. The van der Waals surface area contributed by atoms with Crippen LogP contribution in [0, 0.1) is 0 Å². The van der Waals surface area contributed by atoms with Gasteiger partial charge in [0.15, 0.2) is 0 Å². The normalized spacial score (nSPS) is 14.2. The molecule has 0 aliphatic rings. The molecular weight excluding hydrogens is 144 g/mol. The first-order chi connectivity index (χ1) is 4.66. The van der Waals surface area contributed by atoms with E-state index in [1.165, 1.54) is 0 Å². The van der Waals surface area contributed by atoms with Crippen LogP contribution in [0.5, 0.6) is 0 Å². The minimum absolute atomic E-state index is 0.0644. The van der Waals surface area contributed by atoms with Crippen LogP contribution in [-0.2, 0) is 9.47 Å². The fourth-order valence-electron chi connectivity index (χ4n) is 0.266. The Labute approximate surface area is 60.3 Å². The fourth-order valence-corrected chi connectivity index (χ4v) is 0.328. The van der Waals surface area contributed by atoms with Gasteiger partial charge in [-0.25, -0.2) is 4.79 Å². The summed E-state index contributed by atoms with van der Waals surface area (Å²) < 4.78 is 15.9. The van der Waals surface area contributed by atoms with Gasteiger partial charge < -0.3 is 9.47 Å². The van der Waals surface area contributed by atoms with Crippen LogP contribution < -0.4 is 0 Å². The molecule has 0 aromatic carbocycles. The summed E-state index contributed by atoms with van der Waals surface area (Å²) in [7, 11) is 0. The van der Waals surface area contributed by atoms with Gasteiger partial charge in [-0.15, -0.1) is 0 Å². The predicted molar refractivity (Wildman–Crippen MR) is 33.7 cm³/mol. The van der Waals surface area contributed by atoms with E-state index in [-0.39, 0.29) is 6.61 Å². The third kappa shape index (κ3) is 7.72. The quantitative estimate of drug-likeness (QED) is 0.573. The van der Waals surface area contributed by atoms with E-state index < -0.39 is 12.0 Å². The first-order valence-corrected chi connectivity index (χ1v) is 2.90. The highest BCUT2D eigenvalue weighted by Crippen LogP contribution is 1.85. The first-order valence-electron chi connectivity index (χ1n) is 3.10. The van der Waals surface area contributed by atoms with Gasteiger partial charge in [0.1, 0.15) is 6.58 Å². The Morgan fingerprint density at radius 3 is 3.00 bits per heavy atom. The van der Waals surface area contributed by atoms with Gasteiger partial charge in [0.2, 0.25) is 0 Å². The van der Waals surface area contributed by atoms with Crippen molar-refractivity contribution in [2.45, 2.75) is 6.92 Å². The molecule has 0 rings (SSSR count). The Bertz CT molecular complexity index is 109. The van der Waals surface area contributed by atoms with Crippen molar-refractivity contribution in [1.29, 1.82) is 0 Å². The zero-order valence-corrected chi connectivity index (χ0v) is 5.85. The minimum Gasteiger partial charge on any atom is -0.451 e. The number of halogens is 1. The molecule has 1 unspecified atom stereocenters. The molecule has 4 heteroatoms. The zero-order valence-electron chi connectivity index (χ0n) is 6.09. The number of hydrogen-bond donors (Lipinski definition) is 0. The van der Waals surface area contributed by atoms with Crippen molar-refractivity contribution in [3.05, 3.63) is 0 Å². The number of rotatable bonds is 4. The van der Waals surface area contributed by atoms with E-state index >= 15 is 0 Å². The number of hydrogen-bond acceptors (Lipinski definition) is 3. The highest BCUT2D eigenvalue weighted by atomic mass is 35.5. The third-order valence-electron chi connectivity index (χ3n) is 0.566. The van der Waals surface area contributed by atoms with Crippen molar-refractivity contribution in [2.75, 3.05) is 19.8 Å². The highest BCUT2D eigenvalue weighted by molar-refractivity contribution is 6.61. The molecule has 0 N–H and O–H groups in total. The molecule has 0 spiro atoms. The maximum atomic E-state index is 9.98. The van der Waals surface area contributed by atoms with Crippen LogP contribution in [0.4, 0.5) is 4.79 Å². The molecule has 0 radical (unpaired) electrons. The van der Waals surface area contributed by atoms with Crippen LogP contribution in [0.15, 0.2) is 0 Å². The van der Waals surface area contributed by atoms with E-state index in [9.17, 15) is 4.79 Å². The van der Waals surface area contributed by atoms with E-state index in [0.29, 0.717) is 6.61 Å². The van der Waals surface area contributed by atoms with Crippen LogP contribution in [0.25, 0.3) is 0 Å². The summed E-state index contributed by atoms with van der Waals surface area (Å²) in [5.41, 5.74) is -0.972. The second kappa shape index (κ2) is 5.85. The molecule has 3 nitrogen and oxygen atoms in total. The third-order valence-corrected chi connectivity index (χ3v) is 0.655. The maximum absolute atomic E-state index is 9.98. The second-order valence-electron chi connectivity index (χ2n) is 1.18. The lowest BCUT2D eigenvalue weighted by molar-refractivity contribution is 0.0894. The predicted octanol–water partition coefficient (Wildman–Crippen LogP) is 1.40. The SMILES string of the molecule is [2H]C(COCC)OC(=O)Cl. The molecule has 0 aliphatic carbocycles. The molecule has 0 bridgehead atoms. The van der Waals surface area contributed by atoms with Gasteiger partial charge in [-0.05, 0) is 6.92 Å². The molecule has 0 aromatic rings. The lowest BCUT2D eigenvalue weighted by Gasteiger charge is -1.98. The average Bonchev–Trinajstić information content (AvgIpc) is 1.82. The molecule has 0 aliphatic heterocycles. The summed E-state index contributed by atoms with van der Waals surface area (Å²) in [6, 6.07) is 0. The second-order valence-corrected chi connectivity index (χ2v) is 1.49. The van der Waals surface area contributed by atoms with Gasteiger partial charge in [-0.3, -0.25) is 0 Å². The van der Waals surface area contributed by atoms with Crippen LogP contribution >= 0.6 is 11.6 Å². The van der Waals surface area contributed by atoms with E-state index in [1.54, 1.807) is 6.92 Å². The van der Waals surface area contributed by atoms with Crippen LogP contribution in [0.3, 0.4) is 0 Å². The summed E-state index contributed by atoms with van der Waals surface area (Å²) in [6.45, 7) is 1.34. The summed E-state index contributed by atoms with van der Waals surface area (Å²) in [5, 5.41) is 0. The van der Waals surface area contributed by atoms with Gasteiger partial charge in [0.05, 0.1) is 7.98 Å². The Morgan fingerprint density at radius 2 is 2.56 bits per heavy atom. The van der Waals surface area contributed by atoms with Gasteiger partial charge in [0.25, 0.3) is 0 Å². The van der Waals surface area contributed by atoms with E-state index in [1.807, 2.05) is 0 Å². The average molecular weight is 154 g/mol. The standard InChI is InChI=1S/C5H9ClO3/c1-2-8-3-4-9-5(6)7/h2-4H2,1H3/i4D. The fraction of sp³-hybridized carbons (Fsp3) is 0.800. The van der Waals surface area contributed by atoms with Crippen molar-refractivity contribution in [2.24, 2.45) is 0 Å². The molecule has 0 saturated heterocycles. The number of carbonyl (C=O) groups is 1. The van der Waals surface area contributed by atoms with Crippen molar-refractivity contribution in [3.63, 3.8) is 0 Å². The monoisotopic (exact) mass is 153 g/mol. The van der Waals surface area contributed by atoms with Gasteiger partial charge >= 0.3 is 5.43 Å². The Balaban J connectivity index is 3.25. The summed E-state index contributed by atoms with van der Waals surface area (Å²) in [5.74, 6) is 0. The van der Waals surface area contributed by atoms with E-state index in [0.717, 1.165) is 0 Å². The Kier molecular flexibility index (Phi) is 4.44. The lowest BCUT2D eigenvalue weighted by Crippen LogP contribution is -2.04. The summed E-state index contributed by atoms with van der Waals surface area (Å²) in [4.78, 5) is 9.98. The molecular formula is C5H9ClO3. The Morgan fingerprint density at radius 1 is 1.89 bits per heavy atom. The van der Waals surface area contributed by atoms with Gasteiger partial charge in [-0.2, -0.15) is 0 Å². The summed E-state index contributed by atoms with van der Waals surface area (Å²) in [6.07, 6.45) is 0. The topological polar surface area (TPSA) is 35.5 Å². The number of ether oxygens (including phenoxy) is 2. The van der Waals surface area contributed by atoms with E-state index in [4.69, 9.17) is 17.7 Å². The largest absolute Gasteiger partial charge is 0.451 e. The Hall–Kier alpha value is -0.280. The first kappa shape index (κ1) is 6.83. The molecule has 0 amide bonds. The molecule has 0 fully saturated rings. The van der Waals surface area contributed by atoms with Crippen molar-refractivity contribution in [3.8, 4) is 0 Å². The van der Waals surface area contributed by atoms with Gasteiger partial charge in [-0.1, -0.05) is 0 Å². The van der Waals surface area contributed by atoms with Crippen LogP contribution in [0.1, 0.15) is 8.29 Å². The van der Waals surface area contributed by atoms with Crippen LogP contribution in [-0.4, -0.2) is 25.2 Å². The minimum atomic E-state index is -1.01. The molecule has 1 atom stereocenters. The van der Waals surface area contributed by atoms with Crippen LogP contribution in [0.2, 0.25) is 0 Å². The van der Waals surface area contributed by atoms with E-state index in [2.05, 4.69) is 4.74 Å². The highest BCUT2D eigenvalue weighted by Gasteiger charge is 1.92. The smallest absolute Gasteiger partial charge is 0.403 e. The molecule has 0 heterocycles. The lowest BCUT2D eigenvalue weighted by atomic mass is 10.7. The zero-order chi connectivity index (χ0) is 7.98. The van der Waals surface area contributed by atoms with Gasteiger partial charge in [0, 0.05) is 18.2 Å². The summed E-state index contributed by atoms with van der Waals surface area (Å²) >= 11 is 4.81. The van der Waals surface area contributed by atoms with Crippen molar-refractivity contribution in [1.82, 2.24) is 0 Å². The molecule has 0 aromatic heterocycles. The molecule has 9 heavy (non-hydrogen) atoms. The van der Waals surface area contributed by atoms with Crippen molar-refractivity contribution < 1.29 is 15.6 Å². The molecule has 54 valence electrons. The van der Waals surface area contributed by atoms with Crippen molar-refractivity contribution >= 4 is 17.0 Å².